The number of allylic oxidation sites excluding steroid dienone is 2. The molecule has 150 valence electrons. The SMILES string of the molecule is C[C@H](O)C[S@](=O)[C@@H]1CC(=O)O[C@@H](C)CCC/C=C/[C@@H]2C[C@H](O)C[C@H]2[C@@H]1O. The molecule has 0 amide bonds. The standard InChI is InChI=1S/C19H32O6S/c1-12(20)11-26(24)17-10-18(22)25-13(2)6-4-3-5-7-14-8-15(21)9-16(14)19(17)23/h5,7,12-17,19-21,23H,3-4,6,8-11H2,1-2H3/b7-5+/t12-,13-,14+,15-,16+,17+,19-,26-/m0/s1. The van der Waals surface area contributed by atoms with Gasteiger partial charge in [-0.25, -0.2) is 0 Å². The van der Waals surface area contributed by atoms with Crippen molar-refractivity contribution in [2.45, 2.75) is 82.0 Å². The highest BCUT2D eigenvalue weighted by Gasteiger charge is 2.42. The van der Waals surface area contributed by atoms with E-state index in [4.69, 9.17) is 4.74 Å². The number of carbonyl (C=O) groups excluding carboxylic acids is 1. The molecule has 0 radical (unpaired) electrons. The lowest BCUT2D eigenvalue weighted by molar-refractivity contribution is -0.149. The van der Waals surface area contributed by atoms with Gasteiger partial charge in [-0.05, 0) is 57.8 Å². The molecule has 0 spiro atoms. The molecule has 1 heterocycles. The summed E-state index contributed by atoms with van der Waals surface area (Å²) >= 11 is 0. The first-order valence-electron chi connectivity index (χ1n) is 9.55. The second kappa shape index (κ2) is 9.97. The third-order valence-electron chi connectivity index (χ3n) is 5.27. The van der Waals surface area contributed by atoms with Crippen LogP contribution in [0.2, 0.25) is 0 Å². The highest BCUT2D eigenvalue weighted by molar-refractivity contribution is 7.85. The van der Waals surface area contributed by atoms with Crippen LogP contribution in [0.25, 0.3) is 0 Å². The Balaban J connectivity index is 2.26. The molecule has 6 nitrogen and oxygen atoms in total. The summed E-state index contributed by atoms with van der Waals surface area (Å²) in [7, 11) is -1.57. The second-order valence-corrected chi connectivity index (χ2v) is 9.44. The molecule has 0 unspecified atom stereocenters. The largest absolute Gasteiger partial charge is 0.463 e. The van der Waals surface area contributed by atoms with E-state index in [1.807, 2.05) is 13.0 Å². The predicted molar refractivity (Wildman–Crippen MR) is 99.9 cm³/mol. The van der Waals surface area contributed by atoms with E-state index in [-0.39, 0.29) is 30.1 Å². The van der Waals surface area contributed by atoms with Gasteiger partial charge in [0.05, 0.1) is 36.1 Å². The maximum atomic E-state index is 12.7. The predicted octanol–water partition coefficient (Wildman–Crippen LogP) is 1.29. The van der Waals surface area contributed by atoms with E-state index in [0.29, 0.717) is 12.8 Å². The monoisotopic (exact) mass is 388 g/mol. The summed E-state index contributed by atoms with van der Waals surface area (Å²) in [6.07, 6.45) is 4.94. The van der Waals surface area contributed by atoms with Crippen molar-refractivity contribution >= 4 is 16.8 Å². The summed E-state index contributed by atoms with van der Waals surface area (Å²) in [6, 6.07) is 0. The Bertz CT molecular complexity index is 520. The lowest BCUT2D eigenvalue weighted by Gasteiger charge is -2.29. The highest BCUT2D eigenvalue weighted by Crippen LogP contribution is 2.38. The van der Waals surface area contributed by atoms with E-state index in [9.17, 15) is 24.3 Å². The zero-order valence-corrected chi connectivity index (χ0v) is 16.4. The quantitative estimate of drug-likeness (QED) is 0.497. The summed E-state index contributed by atoms with van der Waals surface area (Å²) in [6.45, 7) is 3.37. The molecular weight excluding hydrogens is 356 g/mol. The number of rotatable bonds is 3. The van der Waals surface area contributed by atoms with Crippen molar-refractivity contribution in [3.8, 4) is 0 Å². The van der Waals surface area contributed by atoms with Crippen molar-refractivity contribution in [1.29, 1.82) is 0 Å². The van der Waals surface area contributed by atoms with Crippen LogP contribution in [0.5, 0.6) is 0 Å². The second-order valence-electron chi connectivity index (χ2n) is 7.74. The first-order valence-corrected chi connectivity index (χ1v) is 10.9. The average molecular weight is 389 g/mol. The Morgan fingerprint density at radius 3 is 2.77 bits per heavy atom. The van der Waals surface area contributed by atoms with Gasteiger partial charge in [-0.1, -0.05) is 12.2 Å². The van der Waals surface area contributed by atoms with E-state index >= 15 is 0 Å². The van der Waals surface area contributed by atoms with Crippen molar-refractivity contribution in [2.24, 2.45) is 11.8 Å². The van der Waals surface area contributed by atoms with Crippen LogP contribution < -0.4 is 0 Å². The van der Waals surface area contributed by atoms with Gasteiger partial charge in [0.1, 0.15) is 0 Å². The zero-order valence-electron chi connectivity index (χ0n) is 15.6. The number of esters is 1. The van der Waals surface area contributed by atoms with Crippen molar-refractivity contribution in [3.63, 3.8) is 0 Å². The van der Waals surface area contributed by atoms with E-state index in [1.165, 1.54) is 6.92 Å². The van der Waals surface area contributed by atoms with Gasteiger partial charge in [0.25, 0.3) is 0 Å². The van der Waals surface area contributed by atoms with Gasteiger partial charge < -0.3 is 20.1 Å². The minimum atomic E-state index is -1.57. The molecule has 1 fully saturated rings. The fraction of sp³-hybridized carbons (Fsp3) is 0.842. The van der Waals surface area contributed by atoms with Crippen LogP contribution in [0, 0.1) is 11.8 Å². The lowest BCUT2D eigenvalue weighted by Crippen LogP contribution is -2.42. The van der Waals surface area contributed by atoms with Gasteiger partial charge in [0, 0.05) is 16.6 Å². The summed E-state index contributed by atoms with van der Waals surface area (Å²) in [5, 5.41) is 29.8. The Kier molecular flexibility index (Phi) is 8.26. The molecule has 7 heteroatoms. The molecular formula is C19H32O6S. The zero-order chi connectivity index (χ0) is 19.3. The number of aliphatic hydroxyl groups is 3. The summed E-state index contributed by atoms with van der Waals surface area (Å²) in [5.74, 6) is -0.724. The number of ether oxygens (including phenoxy) is 1. The summed E-state index contributed by atoms with van der Waals surface area (Å²) in [5.41, 5.74) is 0. The number of aliphatic hydroxyl groups excluding tert-OH is 3. The number of carbonyl (C=O) groups is 1. The van der Waals surface area contributed by atoms with Crippen LogP contribution in [0.4, 0.5) is 0 Å². The molecule has 0 aromatic heterocycles. The van der Waals surface area contributed by atoms with Crippen molar-refractivity contribution in [1.82, 2.24) is 0 Å². The van der Waals surface area contributed by atoms with Gasteiger partial charge in [-0.15, -0.1) is 0 Å². The smallest absolute Gasteiger partial charge is 0.307 e. The van der Waals surface area contributed by atoms with Crippen molar-refractivity contribution in [3.05, 3.63) is 12.2 Å². The summed E-state index contributed by atoms with van der Waals surface area (Å²) in [4.78, 5) is 12.3. The molecule has 0 aromatic carbocycles. The van der Waals surface area contributed by atoms with Crippen LogP contribution in [-0.2, 0) is 20.3 Å². The molecule has 2 aliphatic rings. The van der Waals surface area contributed by atoms with Gasteiger partial charge >= 0.3 is 5.97 Å². The van der Waals surface area contributed by atoms with E-state index in [1.54, 1.807) is 0 Å². The first kappa shape index (κ1) is 21.5. The Hall–Kier alpha value is -0.760. The first-order chi connectivity index (χ1) is 12.3. The summed E-state index contributed by atoms with van der Waals surface area (Å²) < 4.78 is 18.1. The van der Waals surface area contributed by atoms with Gasteiger partial charge in [0.2, 0.25) is 0 Å². The molecule has 2 rings (SSSR count). The van der Waals surface area contributed by atoms with E-state index < -0.39 is 40.3 Å². The highest BCUT2D eigenvalue weighted by atomic mass is 32.2. The molecule has 0 aromatic rings. The number of hydrogen-bond acceptors (Lipinski definition) is 6. The fourth-order valence-electron chi connectivity index (χ4n) is 3.98. The maximum Gasteiger partial charge on any atom is 0.307 e. The van der Waals surface area contributed by atoms with Crippen molar-refractivity contribution < 1.29 is 29.1 Å². The average Bonchev–Trinajstić information content (AvgIpc) is 2.91. The Morgan fingerprint density at radius 2 is 2.08 bits per heavy atom. The minimum Gasteiger partial charge on any atom is -0.463 e. The van der Waals surface area contributed by atoms with Crippen LogP contribution in [-0.4, -0.2) is 60.9 Å². The van der Waals surface area contributed by atoms with E-state index in [0.717, 1.165) is 19.3 Å². The molecule has 0 saturated heterocycles. The number of fused-ring (bicyclic) bond motifs is 1. The third-order valence-corrected chi connectivity index (χ3v) is 7.20. The molecule has 3 N–H and O–H groups in total. The van der Waals surface area contributed by atoms with Crippen LogP contribution in [0.1, 0.15) is 52.4 Å². The fourth-order valence-corrected chi connectivity index (χ4v) is 5.54. The van der Waals surface area contributed by atoms with Gasteiger partial charge in [0.15, 0.2) is 0 Å². The molecule has 0 bridgehead atoms. The van der Waals surface area contributed by atoms with Gasteiger partial charge in [-0.3, -0.25) is 9.00 Å². The Labute approximate surface area is 158 Å². The van der Waals surface area contributed by atoms with E-state index in [2.05, 4.69) is 6.08 Å². The molecule has 1 saturated carbocycles. The lowest BCUT2D eigenvalue weighted by atomic mass is 9.87. The molecule has 1 aliphatic heterocycles. The third kappa shape index (κ3) is 6.15. The molecule has 1 aliphatic carbocycles. The van der Waals surface area contributed by atoms with Crippen molar-refractivity contribution in [2.75, 3.05) is 5.75 Å². The van der Waals surface area contributed by atoms with Crippen LogP contribution in [0.15, 0.2) is 12.2 Å². The Morgan fingerprint density at radius 1 is 1.35 bits per heavy atom. The van der Waals surface area contributed by atoms with Crippen LogP contribution >= 0.6 is 0 Å². The number of cyclic esters (lactones) is 1. The number of hydrogen-bond donors (Lipinski definition) is 3. The molecule has 8 atom stereocenters. The minimum absolute atomic E-state index is 0.000229. The maximum absolute atomic E-state index is 12.7. The van der Waals surface area contributed by atoms with Gasteiger partial charge in [-0.2, -0.15) is 0 Å². The topological polar surface area (TPSA) is 104 Å². The molecule has 26 heavy (non-hydrogen) atoms. The van der Waals surface area contributed by atoms with Crippen LogP contribution in [0.3, 0.4) is 0 Å². The normalized spacial score (nSPS) is 40.3.